The summed E-state index contributed by atoms with van der Waals surface area (Å²) in [6.07, 6.45) is 0.669. The lowest BCUT2D eigenvalue weighted by Gasteiger charge is -2.20. The Morgan fingerprint density at radius 1 is 1.60 bits per heavy atom. The van der Waals surface area contributed by atoms with Crippen molar-refractivity contribution in [3.05, 3.63) is 0 Å². The van der Waals surface area contributed by atoms with Gasteiger partial charge in [-0.25, -0.2) is 8.42 Å². The van der Waals surface area contributed by atoms with Gasteiger partial charge < -0.3 is 4.74 Å². The summed E-state index contributed by atoms with van der Waals surface area (Å²) in [7, 11) is -2.80. The number of hydrogen-bond donors (Lipinski definition) is 0. The minimum absolute atomic E-state index is 0.200. The molecule has 1 fully saturated rings. The van der Waals surface area contributed by atoms with E-state index >= 15 is 0 Å². The molecule has 1 aliphatic heterocycles. The van der Waals surface area contributed by atoms with Crippen molar-refractivity contribution in [3.8, 4) is 0 Å². The van der Waals surface area contributed by atoms with Crippen molar-refractivity contribution < 1.29 is 13.2 Å². The molecule has 1 aliphatic rings. The monoisotopic (exact) mass is 164 g/mol. The third-order valence-electron chi connectivity index (χ3n) is 1.78. The Bertz CT molecular complexity index is 195. The van der Waals surface area contributed by atoms with Crippen LogP contribution in [0.25, 0.3) is 0 Å². The van der Waals surface area contributed by atoms with Crippen molar-refractivity contribution >= 4 is 9.84 Å². The van der Waals surface area contributed by atoms with Crippen molar-refractivity contribution in [3.63, 3.8) is 0 Å². The molecule has 0 aromatic heterocycles. The molecule has 1 atom stereocenters. The van der Waals surface area contributed by atoms with E-state index in [0.717, 1.165) is 0 Å². The number of sulfone groups is 1. The van der Waals surface area contributed by atoms with Gasteiger partial charge in [0.25, 0.3) is 0 Å². The summed E-state index contributed by atoms with van der Waals surface area (Å²) in [5.74, 6) is 0.200. The molecular formula is C6H12O3S. The van der Waals surface area contributed by atoms with Crippen LogP contribution in [0.1, 0.15) is 13.3 Å². The fourth-order valence-corrected chi connectivity index (χ4v) is 2.53. The molecule has 1 saturated heterocycles. The Morgan fingerprint density at radius 2 is 2.30 bits per heavy atom. The van der Waals surface area contributed by atoms with Gasteiger partial charge in [-0.3, -0.25) is 0 Å². The Kier molecular flexibility index (Phi) is 2.31. The zero-order chi connectivity index (χ0) is 7.61. The van der Waals surface area contributed by atoms with Gasteiger partial charge in [0.2, 0.25) is 0 Å². The van der Waals surface area contributed by atoms with E-state index in [1.165, 1.54) is 0 Å². The minimum atomic E-state index is -2.80. The van der Waals surface area contributed by atoms with Crippen LogP contribution in [-0.2, 0) is 14.6 Å². The Labute approximate surface area is 61.3 Å². The Hall–Kier alpha value is -0.0900. The zero-order valence-electron chi connectivity index (χ0n) is 6.04. The molecule has 0 saturated carbocycles. The van der Waals surface area contributed by atoms with Crippen molar-refractivity contribution in [1.29, 1.82) is 0 Å². The maximum absolute atomic E-state index is 11.1. The summed E-state index contributed by atoms with van der Waals surface area (Å²) in [6, 6.07) is 0. The molecular weight excluding hydrogens is 152 g/mol. The molecule has 0 amide bonds. The number of ether oxygens (including phenoxy) is 1. The molecule has 0 aliphatic carbocycles. The Balaban J connectivity index is 2.70. The van der Waals surface area contributed by atoms with E-state index in [-0.39, 0.29) is 11.0 Å². The quantitative estimate of drug-likeness (QED) is 0.556. The second kappa shape index (κ2) is 2.88. The van der Waals surface area contributed by atoms with Gasteiger partial charge in [-0.05, 0) is 6.42 Å². The second-order valence-corrected chi connectivity index (χ2v) is 4.87. The molecule has 0 radical (unpaired) electrons. The molecule has 4 heteroatoms. The molecule has 1 rings (SSSR count). The topological polar surface area (TPSA) is 43.4 Å². The lowest BCUT2D eigenvalue weighted by molar-refractivity contribution is 0.137. The first-order chi connectivity index (χ1) is 4.67. The van der Waals surface area contributed by atoms with Crippen LogP contribution in [0.2, 0.25) is 0 Å². The second-order valence-electron chi connectivity index (χ2n) is 2.47. The largest absolute Gasteiger partial charge is 0.379 e. The first-order valence-electron chi connectivity index (χ1n) is 3.46. The predicted octanol–water partition coefficient (Wildman–Crippen LogP) is 0.210. The molecule has 0 N–H and O–H groups in total. The van der Waals surface area contributed by atoms with Crippen molar-refractivity contribution in [2.45, 2.75) is 18.6 Å². The van der Waals surface area contributed by atoms with Gasteiger partial charge in [0.15, 0.2) is 9.84 Å². The highest BCUT2D eigenvalue weighted by atomic mass is 32.2. The van der Waals surface area contributed by atoms with Gasteiger partial charge >= 0.3 is 0 Å². The molecule has 3 nitrogen and oxygen atoms in total. The SMILES string of the molecule is CCC1COCCS1(=O)=O. The average molecular weight is 164 g/mol. The Morgan fingerprint density at radius 3 is 2.70 bits per heavy atom. The van der Waals surface area contributed by atoms with Crippen molar-refractivity contribution in [2.24, 2.45) is 0 Å². The normalized spacial score (nSPS) is 31.9. The van der Waals surface area contributed by atoms with Crippen LogP contribution in [-0.4, -0.2) is 32.6 Å². The maximum atomic E-state index is 11.1. The summed E-state index contributed by atoms with van der Waals surface area (Å²) in [5, 5.41) is -0.249. The van der Waals surface area contributed by atoms with Gasteiger partial charge in [-0.2, -0.15) is 0 Å². The van der Waals surface area contributed by atoms with Crippen LogP contribution >= 0.6 is 0 Å². The molecule has 10 heavy (non-hydrogen) atoms. The third-order valence-corrected chi connectivity index (χ3v) is 4.00. The number of hydrogen-bond acceptors (Lipinski definition) is 3. The van der Waals surface area contributed by atoms with Gasteiger partial charge in [0.05, 0.1) is 24.2 Å². The maximum Gasteiger partial charge on any atom is 0.157 e. The standard InChI is InChI=1S/C6H12O3S/c1-2-6-5-9-3-4-10(6,7)8/h6H,2-5H2,1H3. The highest BCUT2D eigenvalue weighted by Gasteiger charge is 2.27. The fourth-order valence-electron chi connectivity index (χ4n) is 1.03. The molecule has 1 unspecified atom stereocenters. The lowest BCUT2D eigenvalue weighted by atomic mass is 10.3. The van der Waals surface area contributed by atoms with E-state index < -0.39 is 9.84 Å². The molecule has 0 aromatic rings. The van der Waals surface area contributed by atoms with Gasteiger partial charge in [-0.1, -0.05) is 6.92 Å². The minimum Gasteiger partial charge on any atom is -0.379 e. The van der Waals surface area contributed by atoms with Crippen LogP contribution in [0.15, 0.2) is 0 Å². The fraction of sp³-hybridized carbons (Fsp3) is 1.00. The van der Waals surface area contributed by atoms with E-state index in [4.69, 9.17) is 4.74 Å². The lowest BCUT2D eigenvalue weighted by Crippen LogP contribution is -2.35. The van der Waals surface area contributed by atoms with E-state index in [1.807, 2.05) is 6.92 Å². The molecule has 1 heterocycles. The highest BCUT2D eigenvalue weighted by molar-refractivity contribution is 7.92. The summed E-state index contributed by atoms with van der Waals surface area (Å²) in [5.41, 5.74) is 0. The third kappa shape index (κ3) is 1.49. The van der Waals surface area contributed by atoms with E-state index in [1.54, 1.807) is 0 Å². The summed E-state index contributed by atoms with van der Waals surface area (Å²) in [6.45, 7) is 2.63. The van der Waals surface area contributed by atoms with Crippen LogP contribution in [0.3, 0.4) is 0 Å². The molecule has 0 aromatic carbocycles. The molecule has 0 spiro atoms. The van der Waals surface area contributed by atoms with Gasteiger partial charge in [0.1, 0.15) is 0 Å². The van der Waals surface area contributed by atoms with E-state index in [2.05, 4.69) is 0 Å². The summed E-state index contributed by atoms with van der Waals surface area (Å²) >= 11 is 0. The predicted molar refractivity (Wildman–Crippen MR) is 38.7 cm³/mol. The van der Waals surface area contributed by atoms with Crippen LogP contribution in [0, 0.1) is 0 Å². The van der Waals surface area contributed by atoms with Crippen LogP contribution < -0.4 is 0 Å². The smallest absolute Gasteiger partial charge is 0.157 e. The summed E-state index contributed by atoms with van der Waals surface area (Å²) < 4.78 is 27.3. The zero-order valence-corrected chi connectivity index (χ0v) is 6.86. The molecule has 0 bridgehead atoms. The highest BCUT2D eigenvalue weighted by Crippen LogP contribution is 2.11. The molecule has 60 valence electrons. The first kappa shape index (κ1) is 8.01. The van der Waals surface area contributed by atoms with Crippen LogP contribution in [0.5, 0.6) is 0 Å². The van der Waals surface area contributed by atoms with Crippen molar-refractivity contribution in [2.75, 3.05) is 19.0 Å². The summed E-state index contributed by atoms with van der Waals surface area (Å²) in [4.78, 5) is 0. The van der Waals surface area contributed by atoms with Crippen molar-refractivity contribution in [1.82, 2.24) is 0 Å². The van der Waals surface area contributed by atoms with Gasteiger partial charge in [-0.15, -0.1) is 0 Å². The van der Waals surface area contributed by atoms with E-state index in [9.17, 15) is 8.42 Å². The average Bonchev–Trinajstić information content (AvgIpc) is 1.87. The number of rotatable bonds is 1. The van der Waals surface area contributed by atoms with Gasteiger partial charge in [0, 0.05) is 0 Å². The van der Waals surface area contributed by atoms with Crippen LogP contribution in [0.4, 0.5) is 0 Å². The van der Waals surface area contributed by atoms with E-state index in [0.29, 0.717) is 19.6 Å². The first-order valence-corrected chi connectivity index (χ1v) is 5.17.